The van der Waals surface area contributed by atoms with Gasteiger partial charge in [0.25, 0.3) is 11.9 Å². The van der Waals surface area contributed by atoms with Gasteiger partial charge >= 0.3 is 0 Å². The molecule has 0 aliphatic heterocycles. The van der Waals surface area contributed by atoms with Crippen molar-refractivity contribution in [2.45, 2.75) is 0 Å². The van der Waals surface area contributed by atoms with Gasteiger partial charge in [-0.1, -0.05) is 21.0 Å². The number of hydrogen-bond donors (Lipinski definition) is 2. The molecule has 1 amide bonds. The average Bonchev–Trinajstić information content (AvgIpc) is 2.63. The number of amides is 1. The van der Waals surface area contributed by atoms with E-state index in [1.165, 1.54) is 16.9 Å². The zero-order valence-corrected chi connectivity index (χ0v) is 10.3. The number of phenols is 1. The molecule has 2 aromatic rings. The third kappa shape index (κ3) is 2.59. The first-order valence-corrected chi connectivity index (χ1v) is 5.39. The van der Waals surface area contributed by atoms with Gasteiger partial charge in [-0.15, -0.1) is 5.10 Å². The predicted molar refractivity (Wildman–Crippen MR) is 62.6 cm³/mol. The Morgan fingerprint density at radius 1 is 1.53 bits per heavy atom. The normalized spacial score (nSPS) is 10.2. The van der Waals surface area contributed by atoms with Crippen LogP contribution in [0.2, 0.25) is 0 Å². The van der Waals surface area contributed by atoms with E-state index in [2.05, 4.69) is 36.7 Å². The van der Waals surface area contributed by atoms with Gasteiger partial charge in [0, 0.05) is 4.47 Å². The van der Waals surface area contributed by atoms with Gasteiger partial charge in [-0.25, -0.2) is 0 Å². The number of aromatic nitrogens is 4. The van der Waals surface area contributed by atoms with Crippen LogP contribution in [0.15, 0.2) is 22.7 Å². The summed E-state index contributed by atoms with van der Waals surface area (Å²) in [6.45, 7) is 0. The molecule has 0 saturated carbocycles. The first kappa shape index (κ1) is 11.5. The largest absolute Gasteiger partial charge is 0.507 e. The third-order valence-electron chi connectivity index (χ3n) is 1.94. The number of benzene rings is 1. The highest BCUT2D eigenvalue weighted by molar-refractivity contribution is 9.10. The lowest BCUT2D eigenvalue weighted by atomic mass is 10.2. The van der Waals surface area contributed by atoms with Crippen molar-refractivity contribution in [2.75, 3.05) is 5.32 Å². The summed E-state index contributed by atoms with van der Waals surface area (Å²) < 4.78 is 0.684. The molecule has 0 bridgehead atoms. The fourth-order valence-electron chi connectivity index (χ4n) is 1.20. The number of anilines is 1. The van der Waals surface area contributed by atoms with Gasteiger partial charge < -0.3 is 5.11 Å². The van der Waals surface area contributed by atoms with E-state index in [1.54, 1.807) is 13.1 Å². The number of aromatic hydroxyl groups is 1. The second-order valence-electron chi connectivity index (χ2n) is 3.22. The second-order valence-corrected chi connectivity index (χ2v) is 4.13. The molecular weight excluding hydrogens is 290 g/mol. The number of rotatable bonds is 2. The predicted octanol–water partition coefficient (Wildman–Crippen LogP) is 0.930. The Morgan fingerprint density at radius 3 is 2.88 bits per heavy atom. The van der Waals surface area contributed by atoms with Crippen LogP contribution >= 0.6 is 15.9 Å². The quantitative estimate of drug-likeness (QED) is 0.860. The molecule has 1 aromatic heterocycles. The molecule has 0 aliphatic rings. The molecular formula is C9H8BrN5O2. The number of phenolic OH excluding ortho intramolecular Hbond substituents is 1. The molecule has 0 spiro atoms. The Kier molecular flexibility index (Phi) is 3.05. The fourth-order valence-corrected chi connectivity index (χ4v) is 1.55. The Labute approximate surface area is 105 Å². The van der Waals surface area contributed by atoms with Crippen LogP contribution in [-0.4, -0.2) is 31.2 Å². The molecule has 0 unspecified atom stereocenters. The van der Waals surface area contributed by atoms with Crippen molar-refractivity contribution in [3.8, 4) is 5.75 Å². The molecule has 0 radical (unpaired) electrons. The smallest absolute Gasteiger partial charge is 0.270 e. The summed E-state index contributed by atoms with van der Waals surface area (Å²) in [5.74, 6) is -0.538. The van der Waals surface area contributed by atoms with E-state index >= 15 is 0 Å². The monoisotopic (exact) mass is 297 g/mol. The van der Waals surface area contributed by atoms with Gasteiger partial charge in [0.2, 0.25) is 0 Å². The topological polar surface area (TPSA) is 92.9 Å². The summed E-state index contributed by atoms with van der Waals surface area (Å²) in [4.78, 5) is 13.0. The lowest BCUT2D eigenvalue weighted by molar-refractivity contribution is 0.102. The van der Waals surface area contributed by atoms with Crippen LogP contribution in [0.4, 0.5) is 5.95 Å². The zero-order chi connectivity index (χ0) is 12.4. The molecule has 0 saturated heterocycles. The number of hydrogen-bond acceptors (Lipinski definition) is 5. The van der Waals surface area contributed by atoms with E-state index in [0.29, 0.717) is 4.47 Å². The number of carbonyl (C=O) groups excluding carboxylic acids is 1. The highest BCUT2D eigenvalue weighted by Gasteiger charge is 2.13. The standard InChI is InChI=1S/C9H8BrN5O2/c1-15-13-9(12-14-15)11-8(17)6-3-2-5(10)4-7(6)16/h2-4,16H,1H3,(H,11,13,17). The fraction of sp³-hybridized carbons (Fsp3) is 0.111. The SMILES string of the molecule is Cn1nnc(NC(=O)c2ccc(Br)cc2O)n1. The maximum absolute atomic E-state index is 11.8. The number of tetrazole rings is 1. The van der Waals surface area contributed by atoms with Crippen molar-refractivity contribution in [3.05, 3.63) is 28.2 Å². The van der Waals surface area contributed by atoms with E-state index in [1.807, 2.05) is 0 Å². The van der Waals surface area contributed by atoms with Crippen LogP contribution in [0.25, 0.3) is 0 Å². The Hall–Kier alpha value is -1.96. The van der Waals surface area contributed by atoms with Crippen LogP contribution < -0.4 is 5.32 Å². The van der Waals surface area contributed by atoms with Crippen molar-refractivity contribution < 1.29 is 9.90 Å². The molecule has 88 valence electrons. The first-order valence-electron chi connectivity index (χ1n) is 4.60. The third-order valence-corrected chi connectivity index (χ3v) is 2.43. The molecule has 17 heavy (non-hydrogen) atoms. The zero-order valence-electron chi connectivity index (χ0n) is 8.75. The van der Waals surface area contributed by atoms with Crippen LogP contribution in [0.3, 0.4) is 0 Å². The summed E-state index contributed by atoms with van der Waals surface area (Å²) in [7, 11) is 1.58. The van der Waals surface area contributed by atoms with Crippen molar-refractivity contribution in [3.63, 3.8) is 0 Å². The summed E-state index contributed by atoms with van der Waals surface area (Å²) in [5.41, 5.74) is 0.139. The van der Waals surface area contributed by atoms with E-state index in [9.17, 15) is 9.90 Å². The van der Waals surface area contributed by atoms with Crippen LogP contribution in [0, 0.1) is 0 Å². The highest BCUT2D eigenvalue weighted by atomic mass is 79.9. The number of aryl methyl sites for hydroxylation is 1. The van der Waals surface area contributed by atoms with Crippen molar-refractivity contribution in [1.82, 2.24) is 20.2 Å². The lowest BCUT2D eigenvalue weighted by Crippen LogP contribution is -2.13. The van der Waals surface area contributed by atoms with E-state index < -0.39 is 5.91 Å². The molecule has 0 atom stereocenters. The molecule has 2 rings (SSSR count). The van der Waals surface area contributed by atoms with E-state index in [4.69, 9.17) is 0 Å². The lowest BCUT2D eigenvalue weighted by Gasteiger charge is -2.03. The molecule has 7 nitrogen and oxygen atoms in total. The van der Waals surface area contributed by atoms with Crippen molar-refractivity contribution in [1.29, 1.82) is 0 Å². The molecule has 0 fully saturated rings. The van der Waals surface area contributed by atoms with Gasteiger partial charge in [-0.3, -0.25) is 10.1 Å². The summed E-state index contributed by atoms with van der Waals surface area (Å²) in [6, 6.07) is 4.57. The number of nitrogens with one attached hydrogen (secondary N) is 1. The van der Waals surface area contributed by atoms with Gasteiger partial charge in [-0.2, -0.15) is 4.80 Å². The van der Waals surface area contributed by atoms with Crippen molar-refractivity contribution >= 4 is 27.8 Å². The van der Waals surface area contributed by atoms with Crippen LogP contribution in [-0.2, 0) is 7.05 Å². The summed E-state index contributed by atoms with van der Waals surface area (Å²) in [6.07, 6.45) is 0. The number of halogens is 1. The molecule has 0 aliphatic carbocycles. The highest BCUT2D eigenvalue weighted by Crippen LogP contribution is 2.22. The minimum Gasteiger partial charge on any atom is -0.507 e. The molecule has 1 heterocycles. The summed E-state index contributed by atoms with van der Waals surface area (Å²) >= 11 is 3.19. The Morgan fingerprint density at radius 2 is 2.29 bits per heavy atom. The summed E-state index contributed by atoms with van der Waals surface area (Å²) in [5, 5.41) is 23.0. The minimum absolute atomic E-state index is 0.0832. The van der Waals surface area contributed by atoms with Crippen molar-refractivity contribution in [2.24, 2.45) is 7.05 Å². The first-order chi connectivity index (χ1) is 8.06. The Balaban J connectivity index is 2.20. The van der Waals surface area contributed by atoms with Crippen LogP contribution in [0.1, 0.15) is 10.4 Å². The average molecular weight is 298 g/mol. The van der Waals surface area contributed by atoms with Gasteiger partial charge in [0.15, 0.2) is 0 Å². The number of carbonyl (C=O) groups is 1. The molecule has 1 aromatic carbocycles. The van der Waals surface area contributed by atoms with Gasteiger partial charge in [0.05, 0.1) is 12.6 Å². The minimum atomic E-state index is -0.497. The maximum Gasteiger partial charge on any atom is 0.270 e. The van der Waals surface area contributed by atoms with Gasteiger partial charge in [-0.05, 0) is 23.4 Å². The Bertz CT molecular complexity index is 568. The molecule has 2 N–H and O–H groups in total. The van der Waals surface area contributed by atoms with E-state index in [-0.39, 0.29) is 17.3 Å². The van der Waals surface area contributed by atoms with E-state index in [0.717, 1.165) is 0 Å². The maximum atomic E-state index is 11.8. The number of nitrogens with zero attached hydrogens (tertiary/aromatic N) is 4. The van der Waals surface area contributed by atoms with Gasteiger partial charge in [0.1, 0.15) is 5.75 Å². The van der Waals surface area contributed by atoms with Crippen LogP contribution in [0.5, 0.6) is 5.75 Å². The molecule has 8 heteroatoms. The second kappa shape index (κ2) is 4.50.